The highest BCUT2D eigenvalue weighted by molar-refractivity contribution is 5.28. The summed E-state index contributed by atoms with van der Waals surface area (Å²) in [7, 11) is 0. The van der Waals surface area contributed by atoms with Crippen LogP contribution in [0.1, 0.15) is 96.3 Å². The number of halogens is 1. The van der Waals surface area contributed by atoms with Crippen molar-refractivity contribution < 1.29 is 33.2 Å². The topological polar surface area (TPSA) is 66.4 Å². The minimum Gasteiger partial charge on any atom is -0.392 e. The second kappa shape index (κ2) is 18.2. The van der Waals surface area contributed by atoms with E-state index in [1.807, 2.05) is 0 Å². The van der Waals surface area contributed by atoms with Gasteiger partial charge < -0.3 is 28.8 Å². The van der Waals surface area contributed by atoms with Gasteiger partial charge in [0, 0.05) is 32.0 Å². The number of hydrogen-bond acceptors (Lipinski definition) is 6. The molecule has 1 heterocycles. The van der Waals surface area contributed by atoms with Crippen molar-refractivity contribution in [2.24, 2.45) is 0 Å². The molecule has 208 valence electrons. The Kier molecular flexibility index (Phi) is 15.7. The number of aliphatic hydroxyl groups is 1. The summed E-state index contributed by atoms with van der Waals surface area (Å²) in [6.45, 7) is 11.0. The van der Waals surface area contributed by atoms with Gasteiger partial charge in [-0.3, -0.25) is 0 Å². The Morgan fingerprint density at radius 1 is 0.778 bits per heavy atom. The Morgan fingerprint density at radius 2 is 1.33 bits per heavy atom. The van der Waals surface area contributed by atoms with Crippen LogP contribution in [0.15, 0.2) is 18.2 Å². The molecule has 36 heavy (non-hydrogen) atoms. The zero-order valence-electron chi connectivity index (χ0n) is 22.9. The number of rotatable bonds is 19. The molecule has 2 rings (SSSR count). The summed E-state index contributed by atoms with van der Waals surface area (Å²) in [5.74, 6) is -0.385. The maximum Gasteiger partial charge on any atom is 0.129 e. The van der Waals surface area contributed by atoms with E-state index in [2.05, 4.69) is 27.7 Å². The monoisotopic (exact) mass is 512 g/mol. The lowest BCUT2D eigenvalue weighted by molar-refractivity contribution is -0.268. The molecule has 0 bridgehead atoms. The Balaban J connectivity index is 2.44. The molecule has 1 aromatic carbocycles. The Morgan fingerprint density at radius 3 is 1.92 bits per heavy atom. The Hall–Kier alpha value is -1.09. The molecule has 1 aromatic rings. The molecule has 1 fully saturated rings. The maximum absolute atomic E-state index is 15.2. The van der Waals surface area contributed by atoms with E-state index in [-0.39, 0.29) is 18.5 Å². The third-order valence-corrected chi connectivity index (χ3v) is 6.53. The summed E-state index contributed by atoms with van der Waals surface area (Å²) in [6.07, 6.45) is 5.24. The molecule has 0 amide bonds. The maximum atomic E-state index is 15.2. The fraction of sp³-hybridized carbons (Fsp3) is 0.793. The van der Waals surface area contributed by atoms with Crippen molar-refractivity contribution in [1.82, 2.24) is 0 Å². The molecule has 0 unspecified atom stereocenters. The summed E-state index contributed by atoms with van der Waals surface area (Å²) < 4.78 is 47.0. The van der Waals surface area contributed by atoms with Gasteiger partial charge in [-0.2, -0.15) is 0 Å². The van der Waals surface area contributed by atoms with Gasteiger partial charge in [-0.15, -0.1) is 0 Å². The summed E-state index contributed by atoms with van der Waals surface area (Å²) in [5, 5.41) is 9.71. The first-order valence-electron chi connectivity index (χ1n) is 14.1. The molecule has 0 aliphatic carbocycles. The van der Waals surface area contributed by atoms with Crippen molar-refractivity contribution in [3.63, 3.8) is 0 Å². The van der Waals surface area contributed by atoms with Gasteiger partial charge in [0.1, 0.15) is 36.3 Å². The standard InChI is InChI=1S/C29H49FO6/c1-5-9-15-32-21-25-27(33-16-10-6-2)29(35-18-12-8-4)28(34-17-11-7-3)26(36-25)23-19-22(20-31)13-14-24(23)30/h13-14,19,25-29,31H,5-12,15-18,20-21H2,1-4H3/t25-,26+,27-,28+,29+/m1/s1. The van der Waals surface area contributed by atoms with E-state index in [1.165, 1.54) is 6.07 Å². The Labute approximate surface area is 217 Å². The van der Waals surface area contributed by atoms with E-state index in [0.29, 0.717) is 44.2 Å². The van der Waals surface area contributed by atoms with E-state index in [1.54, 1.807) is 12.1 Å². The van der Waals surface area contributed by atoms with Gasteiger partial charge in [0.2, 0.25) is 0 Å². The molecule has 5 atom stereocenters. The van der Waals surface area contributed by atoms with Crippen LogP contribution in [0.25, 0.3) is 0 Å². The van der Waals surface area contributed by atoms with Crippen molar-refractivity contribution in [3.05, 3.63) is 35.1 Å². The lowest BCUT2D eigenvalue weighted by atomic mass is 9.89. The average Bonchev–Trinajstić information content (AvgIpc) is 2.89. The number of aliphatic hydroxyl groups excluding tert-OH is 1. The van der Waals surface area contributed by atoms with Gasteiger partial charge in [-0.1, -0.05) is 59.4 Å². The quantitative estimate of drug-likeness (QED) is 0.225. The molecule has 0 aromatic heterocycles. The highest BCUT2D eigenvalue weighted by atomic mass is 19.1. The van der Waals surface area contributed by atoms with Gasteiger partial charge in [-0.25, -0.2) is 4.39 Å². The largest absolute Gasteiger partial charge is 0.392 e. The van der Waals surface area contributed by atoms with Crippen LogP contribution in [0.5, 0.6) is 0 Å². The van der Waals surface area contributed by atoms with Crippen molar-refractivity contribution >= 4 is 0 Å². The highest BCUT2D eigenvalue weighted by Gasteiger charge is 2.49. The number of hydrogen-bond donors (Lipinski definition) is 1. The van der Waals surface area contributed by atoms with Gasteiger partial charge in [0.15, 0.2) is 0 Å². The zero-order chi connectivity index (χ0) is 26.2. The van der Waals surface area contributed by atoms with Crippen LogP contribution in [-0.2, 0) is 30.3 Å². The van der Waals surface area contributed by atoms with Gasteiger partial charge in [0.05, 0.1) is 13.2 Å². The predicted molar refractivity (Wildman–Crippen MR) is 140 cm³/mol. The lowest BCUT2D eigenvalue weighted by Gasteiger charge is -2.46. The van der Waals surface area contributed by atoms with Gasteiger partial charge >= 0.3 is 0 Å². The molecule has 0 spiro atoms. The van der Waals surface area contributed by atoms with Crippen LogP contribution in [0.4, 0.5) is 4.39 Å². The fourth-order valence-corrected chi connectivity index (χ4v) is 4.32. The SMILES string of the molecule is CCCCOC[C@H]1O[C@@H](c2cc(CO)ccc2F)[C@H](OCCCC)[C@@H](OCCCC)[C@@H]1OCCCC. The second-order valence-corrected chi connectivity index (χ2v) is 9.60. The molecule has 0 radical (unpaired) electrons. The number of unbranched alkanes of at least 4 members (excludes halogenated alkanes) is 4. The van der Waals surface area contributed by atoms with Crippen LogP contribution < -0.4 is 0 Å². The molecule has 1 aliphatic rings. The third-order valence-electron chi connectivity index (χ3n) is 6.53. The van der Waals surface area contributed by atoms with Crippen LogP contribution in [0.3, 0.4) is 0 Å². The van der Waals surface area contributed by atoms with Crippen LogP contribution in [-0.4, -0.2) is 62.6 Å². The molecule has 1 aliphatic heterocycles. The smallest absolute Gasteiger partial charge is 0.129 e. The van der Waals surface area contributed by atoms with Crippen molar-refractivity contribution in [1.29, 1.82) is 0 Å². The summed E-state index contributed by atoms with van der Waals surface area (Å²) in [6, 6.07) is 4.65. The third kappa shape index (κ3) is 9.66. The average molecular weight is 513 g/mol. The van der Waals surface area contributed by atoms with Crippen molar-refractivity contribution in [2.75, 3.05) is 33.0 Å². The molecular formula is C29H49FO6. The van der Waals surface area contributed by atoms with E-state index in [0.717, 1.165) is 51.4 Å². The van der Waals surface area contributed by atoms with Crippen LogP contribution >= 0.6 is 0 Å². The molecule has 1 saturated heterocycles. The summed E-state index contributed by atoms with van der Waals surface area (Å²) in [5.41, 5.74) is 1.00. The molecular weight excluding hydrogens is 463 g/mol. The molecule has 1 N–H and O–H groups in total. The van der Waals surface area contributed by atoms with Crippen molar-refractivity contribution in [3.8, 4) is 0 Å². The van der Waals surface area contributed by atoms with E-state index < -0.39 is 24.4 Å². The zero-order valence-corrected chi connectivity index (χ0v) is 22.9. The second-order valence-electron chi connectivity index (χ2n) is 9.60. The lowest BCUT2D eigenvalue weighted by Crippen LogP contribution is -2.58. The van der Waals surface area contributed by atoms with Gasteiger partial charge in [-0.05, 0) is 43.4 Å². The first-order valence-corrected chi connectivity index (χ1v) is 14.1. The molecule has 7 heteroatoms. The fourth-order valence-electron chi connectivity index (χ4n) is 4.32. The Bertz CT molecular complexity index is 702. The van der Waals surface area contributed by atoms with Crippen LogP contribution in [0, 0.1) is 5.82 Å². The first-order chi connectivity index (χ1) is 17.6. The number of benzene rings is 1. The summed E-state index contributed by atoms with van der Waals surface area (Å²) in [4.78, 5) is 0. The highest BCUT2D eigenvalue weighted by Crippen LogP contribution is 2.39. The van der Waals surface area contributed by atoms with E-state index >= 15 is 4.39 Å². The van der Waals surface area contributed by atoms with Crippen LogP contribution in [0.2, 0.25) is 0 Å². The summed E-state index contributed by atoms with van der Waals surface area (Å²) >= 11 is 0. The minimum atomic E-state index is -0.703. The molecule has 6 nitrogen and oxygen atoms in total. The predicted octanol–water partition coefficient (Wildman–Crippen LogP) is 6.13. The first kappa shape index (κ1) is 31.1. The van der Waals surface area contributed by atoms with Crippen molar-refractivity contribution in [2.45, 2.75) is 116 Å². The molecule has 0 saturated carbocycles. The van der Waals surface area contributed by atoms with E-state index in [4.69, 9.17) is 23.7 Å². The van der Waals surface area contributed by atoms with E-state index in [9.17, 15) is 5.11 Å². The van der Waals surface area contributed by atoms with Gasteiger partial charge in [0.25, 0.3) is 0 Å². The number of ether oxygens (including phenoxy) is 5. The normalized spacial score (nSPS) is 24.3. The minimum absolute atomic E-state index is 0.176.